The van der Waals surface area contributed by atoms with Gasteiger partial charge in [0.15, 0.2) is 5.69 Å². The summed E-state index contributed by atoms with van der Waals surface area (Å²) in [5.74, 6) is -1.06. The van der Waals surface area contributed by atoms with E-state index in [-0.39, 0.29) is 11.3 Å². The third-order valence-corrected chi connectivity index (χ3v) is 3.55. The number of hydrogen-bond acceptors (Lipinski definition) is 4. The highest BCUT2D eigenvalue weighted by atomic mass is 16.5. The lowest BCUT2D eigenvalue weighted by molar-refractivity contribution is 0.0599. The first-order valence-electron chi connectivity index (χ1n) is 6.96. The molecule has 1 aromatic carbocycles. The Kier molecular flexibility index (Phi) is 3.80. The third kappa shape index (κ3) is 2.78. The van der Waals surface area contributed by atoms with E-state index in [4.69, 9.17) is 0 Å². The van der Waals surface area contributed by atoms with Crippen molar-refractivity contribution in [1.82, 2.24) is 9.38 Å². The lowest BCUT2D eigenvalue weighted by atomic mass is 10.1. The number of carbonyl (C=O) groups is 2. The molecule has 6 nitrogen and oxygen atoms in total. The normalized spacial score (nSPS) is 10.7. The highest BCUT2D eigenvalue weighted by molar-refractivity contribution is 5.97. The first-order chi connectivity index (χ1) is 11.1. The molecule has 0 bridgehead atoms. The van der Waals surface area contributed by atoms with Gasteiger partial charge in [-0.3, -0.25) is 0 Å². The van der Waals surface area contributed by atoms with E-state index < -0.39 is 11.9 Å². The molecule has 0 radical (unpaired) electrons. The predicted octanol–water partition coefficient (Wildman–Crippen LogP) is 2.41. The molecule has 0 saturated heterocycles. The second-order valence-electron chi connectivity index (χ2n) is 5.01. The van der Waals surface area contributed by atoms with Gasteiger partial charge in [-0.15, -0.1) is 0 Å². The molecule has 2 aromatic heterocycles. The molecule has 0 amide bonds. The Labute approximate surface area is 132 Å². The van der Waals surface area contributed by atoms with Crippen molar-refractivity contribution in [1.29, 1.82) is 0 Å². The average Bonchev–Trinajstić information content (AvgIpc) is 2.93. The number of ether oxygens (including phenoxy) is 1. The van der Waals surface area contributed by atoms with E-state index in [0.29, 0.717) is 17.8 Å². The largest absolute Gasteiger partial charge is 0.476 e. The standard InChI is InChI=1S/C17H14N2O4/c1-23-17(22)12-7-8-19-13(10-12)15(16(20)21)18-14(19)9-11-5-3-2-4-6-11/h2-8,10H,9H2,1H3,(H,20,21). The second kappa shape index (κ2) is 5.92. The van der Waals surface area contributed by atoms with Crippen LogP contribution in [0.15, 0.2) is 48.7 Å². The maximum absolute atomic E-state index is 11.6. The zero-order valence-electron chi connectivity index (χ0n) is 12.4. The number of fused-ring (bicyclic) bond motifs is 1. The molecular weight excluding hydrogens is 296 g/mol. The van der Waals surface area contributed by atoms with Crippen molar-refractivity contribution in [2.24, 2.45) is 0 Å². The van der Waals surface area contributed by atoms with E-state index in [1.165, 1.54) is 13.2 Å². The zero-order chi connectivity index (χ0) is 16.4. The molecule has 3 rings (SSSR count). The van der Waals surface area contributed by atoms with Crippen molar-refractivity contribution < 1.29 is 19.4 Å². The molecule has 0 atom stereocenters. The Morgan fingerprint density at radius 3 is 2.61 bits per heavy atom. The van der Waals surface area contributed by atoms with Crippen molar-refractivity contribution in [3.05, 3.63) is 71.3 Å². The van der Waals surface area contributed by atoms with Gasteiger partial charge in [0.25, 0.3) is 0 Å². The van der Waals surface area contributed by atoms with Gasteiger partial charge in [0.2, 0.25) is 0 Å². The maximum atomic E-state index is 11.6. The summed E-state index contributed by atoms with van der Waals surface area (Å²) in [6, 6.07) is 12.7. The Bertz CT molecular complexity index is 884. The molecule has 116 valence electrons. The van der Waals surface area contributed by atoms with Crippen LogP contribution >= 0.6 is 0 Å². The van der Waals surface area contributed by atoms with E-state index in [1.54, 1.807) is 16.7 Å². The summed E-state index contributed by atoms with van der Waals surface area (Å²) in [6.07, 6.45) is 2.13. The number of aromatic carboxylic acids is 1. The summed E-state index contributed by atoms with van der Waals surface area (Å²) in [4.78, 5) is 27.3. The van der Waals surface area contributed by atoms with Gasteiger partial charge in [0.1, 0.15) is 5.82 Å². The topological polar surface area (TPSA) is 80.9 Å². The summed E-state index contributed by atoms with van der Waals surface area (Å²) in [5.41, 5.74) is 1.59. The maximum Gasteiger partial charge on any atom is 0.356 e. The van der Waals surface area contributed by atoms with E-state index in [2.05, 4.69) is 9.72 Å². The van der Waals surface area contributed by atoms with Gasteiger partial charge in [0.05, 0.1) is 18.2 Å². The van der Waals surface area contributed by atoms with Crippen molar-refractivity contribution in [3.63, 3.8) is 0 Å². The van der Waals surface area contributed by atoms with Crippen LogP contribution in [0.4, 0.5) is 0 Å². The fourth-order valence-electron chi connectivity index (χ4n) is 2.45. The number of carboxylic acids is 1. The summed E-state index contributed by atoms with van der Waals surface area (Å²) < 4.78 is 6.36. The van der Waals surface area contributed by atoms with Gasteiger partial charge in [-0.2, -0.15) is 0 Å². The van der Waals surface area contributed by atoms with Crippen molar-refractivity contribution >= 4 is 17.5 Å². The molecule has 0 aliphatic heterocycles. The number of aromatic nitrogens is 2. The molecule has 0 aliphatic rings. The number of nitrogens with zero attached hydrogens (tertiary/aromatic N) is 2. The van der Waals surface area contributed by atoms with Crippen molar-refractivity contribution in [2.75, 3.05) is 7.11 Å². The molecule has 3 aromatic rings. The average molecular weight is 310 g/mol. The van der Waals surface area contributed by atoms with Crippen LogP contribution in [0.2, 0.25) is 0 Å². The number of methoxy groups -OCH3 is 1. The first kappa shape index (κ1) is 14.8. The van der Waals surface area contributed by atoms with E-state index in [0.717, 1.165) is 5.56 Å². The van der Waals surface area contributed by atoms with Crippen LogP contribution in [0.3, 0.4) is 0 Å². The van der Waals surface area contributed by atoms with E-state index >= 15 is 0 Å². The smallest absolute Gasteiger partial charge is 0.356 e. The highest BCUT2D eigenvalue weighted by Gasteiger charge is 2.18. The molecule has 6 heteroatoms. The number of hydrogen-bond donors (Lipinski definition) is 1. The minimum atomic E-state index is -1.14. The van der Waals surface area contributed by atoms with Crippen LogP contribution in [0.5, 0.6) is 0 Å². The summed E-state index contributed by atoms with van der Waals surface area (Å²) >= 11 is 0. The van der Waals surface area contributed by atoms with Gasteiger partial charge in [-0.1, -0.05) is 30.3 Å². The monoisotopic (exact) mass is 310 g/mol. The molecule has 2 heterocycles. The fourth-order valence-corrected chi connectivity index (χ4v) is 2.45. The molecule has 0 unspecified atom stereocenters. The zero-order valence-corrected chi connectivity index (χ0v) is 12.4. The van der Waals surface area contributed by atoms with Gasteiger partial charge in [-0.05, 0) is 17.7 Å². The fraction of sp³-hybridized carbons (Fsp3) is 0.118. The molecule has 0 aliphatic carbocycles. The van der Waals surface area contributed by atoms with Gasteiger partial charge >= 0.3 is 11.9 Å². The van der Waals surface area contributed by atoms with E-state index in [9.17, 15) is 14.7 Å². The summed E-state index contributed by atoms with van der Waals surface area (Å²) in [5, 5.41) is 9.36. The lowest BCUT2D eigenvalue weighted by Crippen LogP contribution is -2.03. The number of carbonyl (C=O) groups excluding carboxylic acids is 1. The molecule has 1 N–H and O–H groups in total. The Morgan fingerprint density at radius 1 is 1.22 bits per heavy atom. The predicted molar refractivity (Wildman–Crippen MR) is 82.7 cm³/mol. The van der Waals surface area contributed by atoms with Crippen LogP contribution in [-0.2, 0) is 11.2 Å². The van der Waals surface area contributed by atoms with Gasteiger partial charge < -0.3 is 14.2 Å². The molecule has 0 fully saturated rings. The number of pyridine rings is 1. The van der Waals surface area contributed by atoms with Crippen LogP contribution in [-0.4, -0.2) is 33.5 Å². The number of benzene rings is 1. The Balaban J connectivity index is 2.12. The van der Waals surface area contributed by atoms with Crippen LogP contribution in [0, 0.1) is 0 Å². The van der Waals surface area contributed by atoms with Crippen molar-refractivity contribution in [2.45, 2.75) is 6.42 Å². The molecule has 23 heavy (non-hydrogen) atoms. The van der Waals surface area contributed by atoms with E-state index in [1.807, 2.05) is 30.3 Å². The summed E-state index contributed by atoms with van der Waals surface area (Å²) in [7, 11) is 1.28. The second-order valence-corrected chi connectivity index (χ2v) is 5.01. The van der Waals surface area contributed by atoms with Crippen molar-refractivity contribution in [3.8, 4) is 0 Å². The lowest BCUT2D eigenvalue weighted by Gasteiger charge is -2.03. The highest BCUT2D eigenvalue weighted by Crippen LogP contribution is 2.18. The Morgan fingerprint density at radius 2 is 1.96 bits per heavy atom. The molecule has 0 saturated carbocycles. The van der Waals surface area contributed by atoms with Gasteiger partial charge in [0, 0.05) is 12.6 Å². The third-order valence-electron chi connectivity index (χ3n) is 3.55. The quantitative estimate of drug-likeness (QED) is 0.748. The van der Waals surface area contributed by atoms with Crippen LogP contribution in [0.25, 0.3) is 5.52 Å². The summed E-state index contributed by atoms with van der Waals surface area (Å²) in [6.45, 7) is 0. The van der Waals surface area contributed by atoms with Crippen LogP contribution in [0.1, 0.15) is 32.2 Å². The Hall–Kier alpha value is -3.15. The minimum Gasteiger partial charge on any atom is -0.476 e. The molecule has 0 spiro atoms. The molecular formula is C17H14N2O4. The number of carboxylic acid groups (broad SMARTS) is 1. The SMILES string of the molecule is COC(=O)c1ccn2c(Cc3ccccc3)nc(C(=O)O)c2c1. The first-order valence-corrected chi connectivity index (χ1v) is 6.96. The number of rotatable bonds is 4. The number of esters is 1. The number of imidazole rings is 1. The minimum absolute atomic E-state index is 0.0818. The van der Waals surface area contributed by atoms with Gasteiger partial charge in [-0.25, -0.2) is 14.6 Å². The van der Waals surface area contributed by atoms with Crippen LogP contribution < -0.4 is 0 Å².